The van der Waals surface area contributed by atoms with Gasteiger partial charge in [-0.1, -0.05) is 20.8 Å². The Balaban J connectivity index is 2.15. The van der Waals surface area contributed by atoms with E-state index in [2.05, 4.69) is 36.1 Å². The van der Waals surface area contributed by atoms with E-state index in [-0.39, 0.29) is 5.41 Å². The monoisotopic (exact) mass is 221 g/mol. The van der Waals surface area contributed by atoms with E-state index < -0.39 is 0 Å². The van der Waals surface area contributed by atoms with Gasteiger partial charge in [-0.05, 0) is 0 Å². The highest BCUT2D eigenvalue weighted by Gasteiger charge is 2.17. The maximum atomic E-state index is 4.63. The van der Waals surface area contributed by atoms with Crippen LogP contribution in [0.1, 0.15) is 31.5 Å². The van der Waals surface area contributed by atoms with E-state index in [1.807, 2.05) is 17.1 Å². The second-order valence-electron chi connectivity index (χ2n) is 4.61. The molecule has 0 atom stereocenters. The zero-order valence-electron chi connectivity index (χ0n) is 9.27. The normalized spacial score (nSPS) is 11.9. The van der Waals surface area contributed by atoms with Crippen molar-refractivity contribution in [1.29, 1.82) is 0 Å². The Hall–Kier alpha value is -1.16. The minimum absolute atomic E-state index is 0.143. The summed E-state index contributed by atoms with van der Waals surface area (Å²) in [6, 6.07) is 0. The van der Waals surface area contributed by atoms with Crippen LogP contribution in [0, 0.1) is 0 Å². The average Bonchev–Trinajstić information content (AvgIpc) is 2.73. The molecule has 15 heavy (non-hydrogen) atoms. The van der Waals surface area contributed by atoms with Gasteiger partial charge in [-0.25, -0.2) is 9.97 Å². The van der Waals surface area contributed by atoms with Crippen molar-refractivity contribution in [2.24, 2.45) is 0 Å². The molecule has 0 saturated heterocycles. The van der Waals surface area contributed by atoms with Gasteiger partial charge in [0.1, 0.15) is 5.01 Å². The fraction of sp³-hybridized carbons (Fsp3) is 0.455. The summed E-state index contributed by atoms with van der Waals surface area (Å²) in [5.74, 6) is 0. The van der Waals surface area contributed by atoms with E-state index in [1.165, 1.54) is 5.69 Å². The second kappa shape index (κ2) is 3.77. The molecular weight excluding hydrogens is 206 g/mol. The maximum absolute atomic E-state index is 4.63. The maximum Gasteiger partial charge on any atom is 0.113 e. The molecule has 0 aliphatic heterocycles. The number of rotatable bonds is 2. The Morgan fingerprint density at radius 1 is 1.40 bits per heavy atom. The number of aromatic nitrogens is 3. The molecule has 80 valence electrons. The molecule has 3 nitrogen and oxygen atoms in total. The van der Waals surface area contributed by atoms with Crippen LogP contribution in [-0.4, -0.2) is 14.5 Å². The van der Waals surface area contributed by atoms with Gasteiger partial charge in [0.05, 0.1) is 18.6 Å². The first-order chi connectivity index (χ1) is 7.05. The first-order valence-corrected chi connectivity index (χ1v) is 5.84. The summed E-state index contributed by atoms with van der Waals surface area (Å²) in [6.45, 7) is 7.37. The molecule has 0 aliphatic rings. The van der Waals surface area contributed by atoms with Gasteiger partial charge in [-0.2, -0.15) is 0 Å². The Kier molecular flexibility index (Phi) is 2.61. The van der Waals surface area contributed by atoms with Gasteiger partial charge in [0.2, 0.25) is 0 Å². The molecule has 2 heterocycles. The fourth-order valence-corrected chi connectivity index (χ4v) is 2.29. The van der Waals surface area contributed by atoms with E-state index in [1.54, 1.807) is 17.5 Å². The highest BCUT2D eigenvalue weighted by atomic mass is 32.1. The van der Waals surface area contributed by atoms with Gasteiger partial charge < -0.3 is 4.57 Å². The molecular formula is C11H15N3S. The molecule has 0 spiro atoms. The van der Waals surface area contributed by atoms with Crippen molar-refractivity contribution in [1.82, 2.24) is 14.5 Å². The molecule has 0 aromatic carbocycles. The molecule has 0 radical (unpaired) electrons. The van der Waals surface area contributed by atoms with E-state index in [4.69, 9.17) is 0 Å². The largest absolute Gasteiger partial charge is 0.331 e. The molecule has 0 bridgehead atoms. The Morgan fingerprint density at radius 2 is 2.20 bits per heavy atom. The van der Waals surface area contributed by atoms with Crippen molar-refractivity contribution in [2.45, 2.75) is 32.7 Å². The minimum atomic E-state index is 0.143. The fourth-order valence-electron chi connectivity index (χ4n) is 1.26. The van der Waals surface area contributed by atoms with Crippen molar-refractivity contribution >= 4 is 11.3 Å². The van der Waals surface area contributed by atoms with Crippen LogP contribution in [-0.2, 0) is 12.0 Å². The van der Waals surface area contributed by atoms with Crippen molar-refractivity contribution < 1.29 is 0 Å². The number of hydrogen-bond donors (Lipinski definition) is 0. The number of nitrogens with zero attached hydrogens (tertiary/aromatic N) is 3. The minimum Gasteiger partial charge on any atom is -0.331 e. The van der Waals surface area contributed by atoms with Gasteiger partial charge in [0.25, 0.3) is 0 Å². The summed E-state index contributed by atoms with van der Waals surface area (Å²) in [4.78, 5) is 8.64. The van der Waals surface area contributed by atoms with Gasteiger partial charge >= 0.3 is 0 Å². The van der Waals surface area contributed by atoms with Crippen molar-refractivity contribution in [3.8, 4) is 0 Å². The zero-order chi connectivity index (χ0) is 10.9. The van der Waals surface area contributed by atoms with Gasteiger partial charge in [0.15, 0.2) is 0 Å². The lowest BCUT2D eigenvalue weighted by atomic mass is 9.93. The summed E-state index contributed by atoms with van der Waals surface area (Å²) >= 11 is 1.71. The van der Waals surface area contributed by atoms with E-state index >= 15 is 0 Å². The zero-order valence-corrected chi connectivity index (χ0v) is 10.1. The lowest BCUT2D eigenvalue weighted by molar-refractivity contribution is 0.569. The molecule has 0 aliphatic carbocycles. The quantitative estimate of drug-likeness (QED) is 0.780. The SMILES string of the molecule is CC(C)(C)c1csc(Cn2ccnc2)n1. The molecule has 2 aromatic rings. The lowest BCUT2D eigenvalue weighted by Gasteiger charge is -2.14. The summed E-state index contributed by atoms with van der Waals surface area (Å²) in [6.07, 6.45) is 5.56. The molecule has 0 N–H and O–H groups in total. The smallest absolute Gasteiger partial charge is 0.113 e. The van der Waals surface area contributed by atoms with Crippen LogP contribution in [0.2, 0.25) is 0 Å². The summed E-state index contributed by atoms with van der Waals surface area (Å²) in [5, 5.41) is 3.28. The number of imidazole rings is 1. The predicted octanol–water partition coefficient (Wildman–Crippen LogP) is 2.69. The molecule has 0 fully saturated rings. The van der Waals surface area contributed by atoms with Crippen molar-refractivity contribution in [3.63, 3.8) is 0 Å². The van der Waals surface area contributed by atoms with Crippen molar-refractivity contribution in [3.05, 3.63) is 34.8 Å². The average molecular weight is 221 g/mol. The van der Waals surface area contributed by atoms with Crippen LogP contribution in [0.4, 0.5) is 0 Å². The number of thiazole rings is 1. The van der Waals surface area contributed by atoms with Crippen LogP contribution in [0.15, 0.2) is 24.1 Å². The Labute approximate surface area is 93.8 Å². The standard InChI is InChI=1S/C11H15N3S/c1-11(2,3)9-7-15-10(13-9)6-14-5-4-12-8-14/h4-5,7-8H,6H2,1-3H3. The summed E-state index contributed by atoms with van der Waals surface area (Å²) in [5.41, 5.74) is 1.31. The van der Waals surface area contributed by atoms with Crippen LogP contribution in [0.3, 0.4) is 0 Å². The van der Waals surface area contributed by atoms with Crippen LogP contribution in [0.25, 0.3) is 0 Å². The summed E-state index contributed by atoms with van der Waals surface area (Å²) in [7, 11) is 0. The third-order valence-corrected chi connectivity index (χ3v) is 3.03. The molecule has 0 unspecified atom stereocenters. The molecule has 2 rings (SSSR count). The lowest BCUT2D eigenvalue weighted by Crippen LogP contribution is -2.11. The van der Waals surface area contributed by atoms with Gasteiger partial charge in [0, 0.05) is 23.2 Å². The first kappa shape index (κ1) is 10.4. The number of hydrogen-bond acceptors (Lipinski definition) is 3. The van der Waals surface area contributed by atoms with E-state index in [0.717, 1.165) is 11.6 Å². The molecule has 2 aromatic heterocycles. The van der Waals surface area contributed by atoms with Gasteiger partial charge in [-0.3, -0.25) is 0 Å². The van der Waals surface area contributed by atoms with Crippen LogP contribution in [0.5, 0.6) is 0 Å². The van der Waals surface area contributed by atoms with Crippen LogP contribution >= 0.6 is 11.3 Å². The Morgan fingerprint density at radius 3 is 2.73 bits per heavy atom. The second-order valence-corrected chi connectivity index (χ2v) is 5.55. The van der Waals surface area contributed by atoms with E-state index in [0.29, 0.717) is 0 Å². The highest BCUT2D eigenvalue weighted by Crippen LogP contribution is 2.24. The highest BCUT2D eigenvalue weighted by molar-refractivity contribution is 7.09. The van der Waals surface area contributed by atoms with E-state index in [9.17, 15) is 0 Å². The first-order valence-electron chi connectivity index (χ1n) is 4.96. The molecule has 0 saturated carbocycles. The van der Waals surface area contributed by atoms with Gasteiger partial charge in [-0.15, -0.1) is 11.3 Å². The van der Waals surface area contributed by atoms with Crippen molar-refractivity contribution in [2.75, 3.05) is 0 Å². The Bertz CT molecular complexity index is 423. The molecule has 4 heteroatoms. The third-order valence-electron chi connectivity index (χ3n) is 2.20. The molecule has 0 amide bonds. The third kappa shape index (κ3) is 2.45. The predicted molar refractivity (Wildman–Crippen MR) is 62.1 cm³/mol. The topological polar surface area (TPSA) is 30.7 Å². The summed E-state index contributed by atoms with van der Waals surface area (Å²) < 4.78 is 2.03. The van der Waals surface area contributed by atoms with Crippen LogP contribution < -0.4 is 0 Å².